The first-order valence-electron chi connectivity index (χ1n) is 20.0. The van der Waals surface area contributed by atoms with Gasteiger partial charge in [-0.15, -0.1) is 0 Å². The molecule has 3 aromatic carbocycles. The summed E-state index contributed by atoms with van der Waals surface area (Å²) in [5, 5.41) is 0. The Hall–Kier alpha value is -3.64. The molecule has 5 aliphatic rings. The zero-order valence-corrected chi connectivity index (χ0v) is 30.7. The zero-order chi connectivity index (χ0) is 35.0. The minimum atomic E-state index is -0.202. The Morgan fingerprint density at radius 3 is 2.33 bits per heavy atom. The van der Waals surface area contributed by atoms with Crippen molar-refractivity contribution < 1.29 is 19.1 Å². The molecule has 270 valence electrons. The van der Waals surface area contributed by atoms with Gasteiger partial charge in [0.1, 0.15) is 11.9 Å². The Morgan fingerprint density at radius 1 is 0.922 bits per heavy atom. The van der Waals surface area contributed by atoms with Crippen LogP contribution in [-0.4, -0.2) is 66.4 Å². The van der Waals surface area contributed by atoms with E-state index in [-0.39, 0.29) is 35.2 Å². The molecule has 3 aromatic rings. The van der Waals surface area contributed by atoms with E-state index in [1.54, 1.807) is 14.0 Å². The van der Waals surface area contributed by atoms with Crippen LogP contribution in [0.2, 0.25) is 0 Å². The molecule has 3 aliphatic carbocycles. The van der Waals surface area contributed by atoms with Crippen LogP contribution in [-0.2, 0) is 21.4 Å². The smallest absolute Gasteiger partial charge is 0.222 e. The van der Waals surface area contributed by atoms with E-state index in [0.29, 0.717) is 31.5 Å². The molecule has 1 saturated heterocycles. The number of unbranched alkanes of at least 4 members (excludes halogenated alkanes) is 1. The Kier molecular flexibility index (Phi) is 9.98. The highest BCUT2D eigenvalue weighted by Gasteiger charge is 2.66. The predicted octanol–water partition coefficient (Wildman–Crippen LogP) is 8.49. The zero-order valence-electron chi connectivity index (χ0n) is 30.7. The summed E-state index contributed by atoms with van der Waals surface area (Å²) < 4.78 is 13.2. The van der Waals surface area contributed by atoms with Crippen LogP contribution in [0.15, 0.2) is 72.8 Å². The van der Waals surface area contributed by atoms with Crippen LogP contribution in [0.3, 0.4) is 0 Å². The maximum atomic E-state index is 14.9. The second kappa shape index (κ2) is 14.8. The van der Waals surface area contributed by atoms with Gasteiger partial charge < -0.3 is 14.4 Å². The number of amides is 1. The molecule has 6 nitrogen and oxygen atoms in total. The van der Waals surface area contributed by atoms with Crippen LogP contribution in [0.5, 0.6) is 11.5 Å². The maximum Gasteiger partial charge on any atom is 0.222 e. The normalized spacial score (nSPS) is 26.7. The van der Waals surface area contributed by atoms with Gasteiger partial charge >= 0.3 is 0 Å². The van der Waals surface area contributed by atoms with Gasteiger partial charge in [-0.25, -0.2) is 0 Å². The van der Waals surface area contributed by atoms with Gasteiger partial charge in [0, 0.05) is 35.9 Å². The molecule has 0 radical (unpaired) electrons. The van der Waals surface area contributed by atoms with E-state index >= 15 is 0 Å². The van der Waals surface area contributed by atoms with Crippen molar-refractivity contribution in [1.29, 1.82) is 0 Å². The standard InChI is InChI=1S/C45H56N2O4/c1-31(48)29-46-27-26-45-37-23-24-38(44(45)51-43-40(50-2)25-22-35(42(43)45)28-39(37)46)47(41(49)21-13-12-16-32-14-6-3-7-15-32)30-36(33-17-8-4-9-18-33)34-19-10-5-11-20-34/h4-5,8-11,17-20,22,25,32,36-39,44H,3,6-7,12-16,21,23-24,26-30H2,1-2H3/t37-,38+,39+,44-,45-/m0/s1. The Morgan fingerprint density at radius 2 is 1.65 bits per heavy atom. The van der Waals surface area contributed by atoms with E-state index in [1.165, 1.54) is 60.8 Å². The van der Waals surface area contributed by atoms with Gasteiger partial charge in [0.15, 0.2) is 11.5 Å². The highest BCUT2D eigenvalue weighted by molar-refractivity contribution is 5.78. The first-order valence-corrected chi connectivity index (χ1v) is 20.0. The van der Waals surface area contributed by atoms with E-state index < -0.39 is 0 Å². The lowest BCUT2D eigenvalue weighted by Gasteiger charge is -2.60. The molecular weight excluding hydrogens is 633 g/mol. The van der Waals surface area contributed by atoms with Crippen LogP contribution in [0.25, 0.3) is 0 Å². The Labute approximate surface area is 304 Å². The fourth-order valence-corrected chi connectivity index (χ4v) is 11.3. The molecule has 0 unspecified atom stereocenters. The topological polar surface area (TPSA) is 59.1 Å². The van der Waals surface area contributed by atoms with Crippen LogP contribution in [0.1, 0.15) is 112 Å². The SMILES string of the molecule is COc1ccc2c3c1O[C@H]1[C@H](N(CC(c4ccccc4)c4ccccc4)C(=O)CCCCC4CCCCC4)CC[C@H]4[C@@H](C2)N(CC(C)=O)CC[C@@]341. The molecule has 2 heterocycles. The minimum absolute atomic E-state index is 0.0508. The number of piperidine rings is 1. The van der Waals surface area contributed by atoms with Gasteiger partial charge in [0.2, 0.25) is 5.91 Å². The van der Waals surface area contributed by atoms with Crippen molar-refractivity contribution in [3.63, 3.8) is 0 Å². The molecule has 8 rings (SSSR count). The van der Waals surface area contributed by atoms with Gasteiger partial charge in [-0.2, -0.15) is 0 Å². The number of hydrogen-bond donors (Lipinski definition) is 0. The fourth-order valence-electron chi connectivity index (χ4n) is 11.3. The van der Waals surface area contributed by atoms with Crippen molar-refractivity contribution in [3.05, 3.63) is 95.1 Å². The van der Waals surface area contributed by atoms with E-state index in [4.69, 9.17) is 9.47 Å². The van der Waals surface area contributed by atoms with Gasteiger partial charge in [-0.05, 0) is 80.2 Å². The first-order chi connectivity index (χ1) is 25.0. The molecule has 2 aliphatic heterocycles. The quantitative estimate of drug-likeness (QED) is 0.169. The Balaban J connectivity index is 1.15. The van der Waals surface area contributed by atoms with Crippen LogP contribution >= 0.6 is 0 Å². The minimum Gasteiger partial charge on any atom is -0.493 e. The molecule has 5 atom stereocenters. The molecule has 3 fully saturated rings. The summed E-state index contributed by atoms with van der Waals surface area (Å²) in [6.07, 6.45) is 14.4. The Bertz CT molecular complexity index is 1650. The highest BCUT2D eigenvalue weighted by Crippen LogP contribution is 2.64. The van der Waals surface area contributed by atoms with Crippen molar-refractivity contribution >= 4 is 11.7 Å². The molecule has 0 aromatic heterocycles. The number of carbonyl (C=O) groups excluding carboxylic acids is 2. The molecule has 0 N–H and O–H groups in total. The first kappa shape index (κ1) is 34.4. The summed E-state index contributed by atoms with van der Waals surface area (Å²) >= 11 is 0. The lowest BCUT2D eigenvalue weighted by molar-refractivity contribution is -0.144. The molecule has 2 saturated carbocycles. The third-order valence-corrected chi connectivity index (χ3v) is 13.5. The third kappa shape index (κ3) is 6.40. The number of methoxy groups -OCH3 is 1. The van der Waals surface area contributed by atoms with E-state index in [1.807, 2.05) is 0 Å². The number of rotatable bonds is 13. The van der Waals surface area contributed by atoms with E-state index in [9.17, 15) is 9.59 Å². The molecular formula is C45H56N2O4. The second-order valence-electron chi connectivity index (χ2n) is 16.3. The van der Waals surface area contributed by atoms with Gasteiger partial charge in [-0.1, -0.05) is 112 Å². The van der Waals surface area contributed by atoms with Crippen molar-refractivity contribution in [2.45, 2.75) is 120 Å². The van der Waals surface area contributed by atoms with Crippen LogP contribution in [0, 0.1) is 11.8 Å². The summed E-state index contributed by atoms with van der Waals surface area (Å²) in [6, 6.07) is 26.1. The third-order valence-electron chi connectivity index (χ3n) is 13.5. The number of Topliss-reactive ketones (excluding diaryl/α,β-unsaturated/α-hetero) is 1. The number of ether oxygens (including phenoxy) is 2. The van der Waals surface area contributed by atoms with Crippen molar-refractivity contribution in [1.82, 2.24) is 9.80 Å². The number of benzene rings is 3. The number of hydrogen-bond acceptors (Lipinski definition) is 5. The summed E-state index contributed by atoms with van der Waals surface area (Å²) in [7, 11) is 1.74. The second-order valence-corrected chi connectivity index (χ2v) is 16.3. The summed E-state index contributed by atoms with van der Waals surface area (Å²) in [6.45, 7) is 3.72. The molecule has 51 heavy (non-hydrogen) atoms. The average molecular weight is 689 g/mol. The van der Waals surface area contributed by atoms with E-state index in [2.05, 4.69) is 82.6 Å². The van der Waals surface area contributed by atoms with E-state index in [0.717, 1.165) is 62.5 Å². The highest BCUT2D eigenvalue weighted by atomic mass is 16.5. The summed E-state index contributed by atoms with van der Waals surface area (Å²) in [5.41, 5.74) is 4.94. The number of likely N-dealkylation sites (tertiary alicyclic amines) is 1. The summed E-state index contributed by atoms with van der Waals surface area (Å²) in [5.74, 6) is 3.46. The number of nitrogens with zero attached hydrogens (tertiary/aromatic N) is 2. The van der Waals surface area contributed by atoms with Gasteiger partial charge in [0.05, 0.1) is 19.7 Å². The maximum absolute atomic E-state index is 14.9. The summed E-state index contributed by atoms with van der Waals surface area (Å²) in [4.78, 5) is 32.1. The fraction of sp³-hybridized carbons (Fsp3) is 0.556. The molecule has 1 spiro atoms. The average Bonchev–Trinajstić information content (AvgIpc) is 3.51. The van der Waals surface area contributed by atoms with Gasteiger partial charge in [0.25, 0.3) is 0 Å². The molecule has 2 bridgehead atoms. The predicted molar refractivity (Wildman–Crippen MR) is 201 cm³/mol. The van der Waals surface area contributed by atoms with Crippen LogP contribution in [0.4, 0.5) is 0 Å². The number of carbonyl (C=O) groups is 2. The molecule has 6 heteroatoms. The number of ketones is 1. The largest absolute Gasteiger partial charge is 0.493 e. The van der Waals surface area contributed by atoms with Crippen molar-refractivity contribution in [2.24, 2.45) is 11.8 Å². The monoisotopic (exact) mass is 688 g/mol. The van der Waals surface area contributed by atoms with Crippen molar-refractivity contribution in [2.75, 3.05) is 26.7 Å². The molecule has 1 amide bonds. The van der Waals surface area contributed by atoms with Crippen molar-refractivity contribution in [3.8, 4) is 11.5 Å². The van der Waals surface area contributed by atoms with Crippen LogP contribution < -0.4 is 9.47 Å². The lowest BCUT2D eigenvalue weighted by atomic mass is 9.51. The lowest BCUT2D eigenvalue weighted by Crippen LogP contribution is -2.69. The van der Waals surface area contributed by atoms with Gasteiger partial charge in [-0.3, -0.25) is 14.5 Å².